The molecular formula is C22H29NO. The van der Waals surface area contributed by atoms with Crippen molar-refractivity contribution in [2.24, 2.45) is 0 Å². The predicted octanol–water partition coefficient (Wildman–Crippen LogP) is 4.84. The molecule has 0 N–H and O–H groups in total. The third-order valence-electron chi connectivity index (χ3n) is 5.28. The SMILES string of the molecule is COC(CCCN1CCCCC1)(c1ccccc1)c1ccccc1. The van der Waals surface area contributed by atoms with Crippen LogP contribution in [0, 0.1) is 0 Å². The second kappa shape index (κ2) is 8.46. The van der Waals surface area contributed by atoms with Gasteiger partial charge < -0.3 is 9.64 Å². The minimum Gasteiger partial charge on any atom is -0.369 e. The van der Waals surface area contributed by atoms with E-state index in [1.54, 1.807) is 0 Å². The van der Waals surface area contributed by atoms with Gasteiger partial charge >= 0.3 is 0 Å². The summed E-state index contributed by atoms with van der Waals surface area (Å²) in [7, 11) is 1.85. The second-order valence-corrected chi connectivity index (χ2v) is 6.77. The van der Waals surface area contributed by atoms with E-state index in [4.69, 9.17) is 4.74 Å². The quantitative estimate of drug-likeness (QED) is 0.723. The van der Waals surface area contributed by atoms with E-state index in [9.17, 15) is 0 Å². The van der Waals surface area contributed by atoms with Crippen molar-refractivity contribution < 1.29 is 4.74 Å². The van der Waals surface area contributed by atoms with Crippen LogP contribution in [0.15, 0.2) is 60.7 Å². The van der Waals surface area contributed by atoms with E-state index in [0.29, 0.717) is 0 Å². The van der Waals surface area contributed by atoms with E-state index in [1.165, 1.54) is 50.0 Å². The highest BCUT2D eigenvalue weighted by atomic mass is 16.5. The molecule has 2 aromatic rings. The molecule has 128 valence electrons. The Labute approximate surface area is 146 Å². The van der Waals surface area contributed by atoms with Gasteiger partial charge in [0, 0.05) is 7.11 Å². The van der Waals surface area contributed by atoms with E-state index in [2.05, 4.69) is 65.6 Å². The Morgan fingerprint density at radius 1 is 0.833 bits per heavy atom. The van der Waals surface area contributed by atoms with E-state index in [-0.39, 0.29) is 5.60 Å². The van der Waals surface area contributed by atoms with Crippen molar-refractivity contribution in [2.75, 3.05) is 26.7 Å². The topological polar surface area (TPSA) is 12.5 Å². The molecule has 0 radical (unpaired) electrons. The van der Waals surface area contributed by atoms with Crippen LogP contribution in [0.25, 0.3) is 0 Å². The summed E-state index contributed by atoms with van der Waals surface area (Å²) in [6.07, 6.45) is 6.26. The summed E-state index contributed by atoms with van der Waals surface area (Å²) in [5.74, 6) is 0. The molecule has 2 aromatic carbocycles. The van der Waals surface area contributed by atoms with E-state index in [1.807, 2.05) is 7.11 Å². The number of likely N-dealkylation sites (tertiary alicyclic amines) is 1. The minimum absolute atomic E-state index is 0.349. The van der Waals surface area contributed by atoms with Gasteiger partial charge in [0.1, 0.15) is 5.60 Å². The summed E-state index contributed by atoms with van der Waals surface area (Å²) in [6, 6.07) is 21.3. The summed E-state index contributed by atoms with van der Waals surface area (Å²) in [5.41, 5.74) is 2.15. The number of hydrogen-bond acceptors (Lipinski definition) is 2. The first-order valence-electron chi connectivity index (χ1n) is 9.24. The number of rotatable bonds is 7. The number of nitrogens with zero attached hydrogens (tertiary/aromatic N) is 1. The van der Waals surface area contributed by atoms with Gasteiger partial charge in [0.25, 0.3) is 0 Å². The van der Waals surface area contributed by atoms with Crippen molar-refractivity contribution in [3.63, 3.8) is 0 Å². The third kappa shape index (κ3) is 3.88. The Kier molecular flexibility index (Phi) is 6.06. The van der Waals surface area contributed by atoms with Crippen LogP contribution in [-0.4, -0.2) is 31.6 Å². The summed E-state index contributed by atoms with van der Waals surface area (Å²) >= 11 is 0. The Morgan fingerprint density at radius 2 is 1.38 bits per heavy atom. The fraction of sp³-hybridized carbons (Fsp3) is 0.455. The largest absolute Gasteiger partial charge is 0.369 e. The Morgan fingerprint density at radius 3 is 1.88 bits per heavy atom. The Hall–Kier alpha value is -1.64. The van der Waals surface area contributed by atoms with Gasteiger partial charge in [-0.25, -0.2) is 0 Å². The van der Waals surface area contributed by atoms with Gasteiger partial charge in [-0.3, -0.25) is 0 Å². The first-order valence-corrected chi connectivity index (χ1v) is 9.24. The van der Waals surface area contributed by atoms with Crippen LogP contribution in [0.2, 0.25) is 0 Å². The molecule has 1 saturated heterocycles. The van der Waals surface area contributed by atoms with Gasteiger partial charge in [0.15, 0.2) is 0 Å². The van der Waals surface area contributed by atoms with Crippen LogP contribution in [0.1, 0.15) is 43.2 Å². The van der Waals surface area contributed by atoms with Crippen molar-refractivity contribution in [1.29, 1.82) is 0 Å². The van der Waals surface area contributed by atoms with Crippen LogP contribution in [0.3, 0.4) is 0 Å². The Balaban J connectivity index is 1.79. The first kappa shape index (κ1) is 17.2. The van der Waals surface area contributed by atoms with E-state index < -0.39 is 0 Å². The molecule has 1 fully saturated rings. The average molecular weight is 323 g/mol. The average Bonchev–Trinajstić information content (AvgIpc) is 2.68. The molecule has 0 atom stereocenters. The molecule has 0 saturated carbocycles. The summed E-state index contributed by atoms with van der Waals surface area (Å²) in [4.78, 5) is 2.61. The predicted molar refractivity (Wildman–Crippen MR) is 100 cm³/mol. The molecular weight excluding hydrogens is 294 g/mol. The lowest BCUT2D eigenvalue weighted by Crippen LogP contribution is -2.34. The van der Waals surface area contributed by atoms with E-state index >= 15 is 0 Å². The smallest absolute Gasteiger partial charge is 0.118 e. The molecule has 2 heteroatoms. The lowest BCUT2D eigenvalue weighted by atomic mass is 9.82. The van der Waals surface area contributed by atoms with Gasteiger partial charge in [0.05, 0.1) is 0 Å². The highest BCUT2D eigenvalue weighted by molar-refractivity contribution is 5.36. The van der Waals surface area contributed by atoms with Crippen molar-refractivity contribution in [1.82, 2.24) is 4.90 Å². The van der Waals surface area contributed by atoms with Crippen LogP contribution in [0.5, 0.6) is 0 Å². The molecule has 1 aliphatic rings. The number of ether oxygens (including phenoxy) is 1. The number of piperidine rings is 1. The van der Waals surface area contributed by atoms with Crippen LogP contribution in [0.4, 0.5) is 0 Å². The third-order valence-corrected chi connectivity index (χ3v) is 5.28. The lowest BCUT2D eigenvalue weighted by Gasteiger charge is -2.35. The maximum atomic E-state index is 6.18. The minimum atomic E-state index is -0.349. The number of methoxy groups -OCH3 is 1. The molecule has 1 heterocycles. The maximum Gasteiger partial charge on any atom is 0.118 e. The second-order valence-electron chi connectivity index (χ2n) is 6.77. The van der Waals surface area contributed by atoms with Gasteiger partial charge in [-0.1, -0.05) is 67.1 Å². The van der Waals surface area contributed by atoms with Gasteiger partial charge in [-0.2, -0.15) is 0 Å². The zero-order valence-corrected chi connectivity index (χ0v) is 14.8. The molecule has 0 aliphatic carbocycles. The van der Waals surface area contributed by atoms with Gasteiger partial charge in [-0.15, -0.1) is 0 Å². The van der Waals surface area contributed by atoms with Gasteiger partial charge in [-0.05, 0) is 56.4 Å². The lowest BCUT2D eigenvalue weighted by molar-refractivity contribution is 0.0103. The zero-order chi connectivity index (χ0) is 16.7. The zero-order valence-electron chi connectivity index (χ0n) is 14.8. The van der Waals surface area contributed by atoms with Crippen LogP contribution in [-0.2, 0) is 10.3 Å². The molecule has 0 aromatic heterocycles. The normalized spacial score (nSPS) is 16.2. The van der Waals surface area contributed by atoms with Crippen molar-refractivity contribution >= 4 is 0 Å². The molecule has 0 unspecified atom stereocenters. The molecule has 0 spiro atoms. The van der Waals surface area contributed by atoms with E-state index in [0.717, 1.165) is 12.8 Å². The summed E-state index contributed by atoms with van der Waals surface area (Å²) < 4.78 is 6.18. The molecule has 24 heavy (non-hydrogen) atoms. The van der Waals surface area contributed by atoms with Gasteiger partial charge in [0.2, 0.25) is 0 Å². The Bertz CT molecular complexity index is 550. The molecule has 2 nitrogen and oxygen atoms in total. The van der Waals surface area contributed by atoms with Crippen LogP contribution < -0.4 is 0 Å². The molecule has 0 bridgehead atoms. The van der Waals surface area contributed by atoms with Crippen molar-refractivity contribution in [3.05, 3.63) is 71.8 Å². The standard InChI is InChI=1S/C22H29NO/c1-24-22(20-12-5-2-6-13-20,21-14-7-3-8-15-21)16-11-19-23-17-9-4-10-18-23/h2-3,5-8,12-15H,4,9-11,16-19H2,1H3. The van der Waals surface area contributed by atoms with Crippen molar-refractivity contribution in [2.45, 2.75) is 37.7 Å². The molecule has 3 rings (SSSR count). The number of benzene rings is 2. The first-order chi connectivity index (χ1) is 11.8. The monoisotopic (exact) mass is 323 g/mol. The fourth-order valence-electron chi connectivity index (χ4n) is 3.94. The summed E-state index contributed by atoms with van der Waals surface area (Å²) in [5, 5.41) is 0. The summed E-state index contributed by atoms with van der Waals surface area (Å²) in [6.45, 7) is 3.69. The molecule has 1 aliphatic heterocycles. The highest BCUT2D eigenvalue weighted by Gasteiger charge is 2.33. The fourth-order valence-corrected chi connectivity index (χ4v) is 3.94. The maximum absolute atomic E-state index is 6.18. The molecule has 0 amide bonds. The number of hydrogen-bond donors (Lipinski definition) is 0. The highest BCUT2D eigenvalue weighted by Crippen LogP contribution is 2.37. The van der Waals surface area contributed by atoms with Crippen molar-refractivity contribution in [3.8, 4) is 0 Å². The van der Waals surface area contributed by atoms with Crippen LogP contribution >= 0.6 is 0 Å².